The third-order valence-electron chi connectivity index (χ3n) is 9.47. The van der Waals surface area contributed by atoms with Crippen LogP contribution in [0.5, 0.6) is 23.0 Å². The first kappa shape index (κ1) is 48.2. The Morgan fingerprint density at radius 3 is 1.97 bits per heavy atom. The van der Waals surface area contributed by atoms with Crippen LogP contribution in [0.2, 0.25) is 0 Å². The van der Waals surface area contributed by atoms with E-state index in [0.717, 1.165) is 5.56 Å². The van der Waals surface area contributed by atoms with Crippen LogP contribution < -0.4 is 28.7 Å². The van der Waals surface area contributed by atoms with Gasteiger partial charge in [0.15, 0.2) is 29.4 Å². The Morgan fingerprint density at radius 1 is 0.712 bits per heavy atom. The maximum absolute atomic E-state index is 14.7. The smallest absolute Gasteiger partial charge is 0.387 e. The van der Waals surface area contributed by atoms with E-state index in [-0.39, 0.29) is 35.7 Å². The van der Waals surface area contributed by atoms with Crippen LogP contribution in [0.3, 0.4) is 0 Å². The second-order valence-corrected chi connectivity index (χ2v) is 17.3. The Hall–Kier alpha value is -7.23. The molecule has 66 heavy (non-hydrogen) atoms. The van der Waals surface area contributed by atoms with Gasteiger partial charge in [-0.15, -0.1) is 0 Å². The van der Waals surface area contributed by atoms with Gasteiger partial charge in [-0.25, -0.2) is 24.5 Å². The number of nitrogens with zero attached hydrogens (tertiary/aromatic N) is 5. The highest BCUT2D eigenvalue weighted by atomic mass is 19.3. The number of anilines is 4. The van der Waals surface area contributed by atoms with E-state index in [4.69, 9.17) is 32.8 Å². The van der Waals surface area contributed by atoms with Gasteiger partial charge in [0, 0.05) is 58.3 Å². The van der Waals surface area contributed by atoms with Gasteiger partial charge in [-0.05, 0) is 117 Å². The van der Waals surface area contributed by atoms with Crippen molar-refractivity contribution < 1.29 is 51.2 Å². The summed E-state index contributed by atoms with van der Waals surface area (Å²) in [7, 11) is 1.56. The average Bonchev–Trinajstić information content (AvgIpc) is 3.77. The van der Waals surface area contributed by atoms with Gasteiger partial charge in [0.05, 0.1) is 55.9 Å². The maximum Gasteiger partial charge on any atom is 0.387 e. The highest BCUT2D eigenvalue weighted by Gasteiger charge is 2.31. The van der Waals surface area contributed by atoms with Gasteiger partial charge < -0.3 is 42.6 Å². The van der Waals surface area contributed by atoms with Gasteiger partial charge >= 0.3 is 18.6 Å². The molecule has 0 unspecified atom stereocenters. The van der Waals surface area contributed by atoms with Crippen LogP contribution in [-0.4, -0.2) is 64.5 Å². The Labute approximate surface area is 383 Å². The first-order valence-corrected chi connectivity index (χ1v) is 21.3. The number of carbonyl (C=O) groups excluding carboxylic acids is 2. The largest absolute Gasteiger partial charge is 0.493 e. The van der Waals surface area contributed by atoms with Gasteiger partial charge in [0.25, 0.3) is 0 Å². The first-order valence-electron chi connectivity index (χ1n) is 21.3. The van der Waals surface area contributed by atoms with Crippen LogP contribution in [0.4, 0.5) is 31.5 Å². The number of hydrogen-bond acceptors (Lipinski definition) is 14. The maximum atomic E-state index is 14.7. The van der Waals surface area contributed by atoms with Crippen molar-refractivity contribution in [2.45, 2.75) is 99.3 Å². The lowest BCUT2D eigenvalue weighted by molar-refractivity contribution is -0.0519. The third-order valence-corrected chi connectivity index (χ3v) is 9.47. The molecule has 0 aliphatic heterocycles. The second kappa shape index (κ2) is 20.7. The molecule has 6 rings (SSSR count). The molecule has 14 nitrogen and oxygen atoms in total. The molecule has 4 aromatic carbocycles. The van der Waals surface area contributed by atoms with Crippen LogP contribution in [-0.2, 0) is 22.6 Å². The number of esters is 2. The lowest BCUT2D eigenvalue weighted by Gasteiger charge is -2.32. The minimum absolute atomic E-state index is 0.0172. The highest BCUT2D eigenvalue weighted by molar-refractivity contribution is 6.06. The molecule has 2 aromatic heterocycles. The first-order chi connectivity index (χ1) is 31.3. The molecule has 0 radical (unpaired) electrons. The summed E-state index contributed by atoms with van der Waals surface area (Å²) in [4.78, 5) is 45.3. The third kappa shape index (κ3) is 12.3. The minimum atomic E-state index is -3.12. The molecule has 0 aliphatic rings. The molecular weight excluding hydrogens is 853 g/mol. The van der Waals surface area contributed by atoms with Gasteiger partial charge in [-0.1, -0.05) is 6.07 Å². The molecule has 0 fully saturated rings. The number of ether oxygens (including phenoxy) is 6. The molecule has 348 valence electrons. The molecule has 0 atom stereocenters. The van der Waals surface area contributed by atoms with E-state index in [0.29, 0.717) is 57.7 Å². The number of hydrogen-bond donors (Lipinski definition) is 0. The Morgan fingerprint density at radius 2 is 1.36 bits per heavy atom. The molecule has 0 amide bonds. The molecule has 0 spiro atoms. The van der Waals surface area contributed by atoms with Crippen molar-refractivity contribution in [3.63, 3.8) is 0 Å². The van der Waals surface area contributed by atoms with Crippen molar-refractivity contribution in [1.29, 1.82) is 0 Å². The quantitative estimate of drug-likeness (QED) is 0.0753. The van der Waals surface area contributed by atoms with Crippen molar-refractivity contribution >= 4 is 34.7 Å². The Balaban J connectivity index is 1.74. The summed E-state index contributed by atoms with van der Waals surface area (Å²) in [6.07, 6.45) is 7.23. The fourth-order valence-corrected chi connectivity index (χ4v) is 6.99. The Kier molecular flexibility index (Phi) is 15.1. The molecule has 16 heteroatoms. The summed E-state index contributed by atoms with van der Waals surface area (Å²) in [6.45, 7) is 13.5. The summed E-state index contributed by atoms with van der Waals surface area (Å²) in [5, 5.41) is 0. The van der Waals surface area contributed by atoms with Crippen LogP contribution in [0.25, 0.3) is 11.1 Å². The lowest BCUT2D eigenvalue weighted by Crippen LogP contribution is -2.26. The van der Waals surface area contributed by atoms with Crippen molar-refractivity contribution in [3.05, 3.63) is 127 Å². The number of carbonyl (C=O) groups is 2. The van der Waals surface area contributed by atoms with Crippen molar-refractivity contribution in [2.24, 2.45) is 0 Å². The molecule has 0 aliphatic carbocycles. The number of aromatic nitrogens is 3. The van der Waals surface area contributed by atoms with E-state index in [1.54, 1.807) is 136 Å². The number of halogens is 2. The monoisotopic (exact) mass is 907 g/mol. The van der Waals surface area contributed by atoms with Gasteiger partial charge in [0.1, 0.15) is 23.3 Å². The van der Waals surface area contributed by atoms with Crippen molar-refractivity contribution in [1.82, 2.24) is 15.0 Å². The van der Waals surface area contributed by atoms with E-state index in [9.17, 15) is 18.4 Å². The molecule has 0 saturated heterocycles. The zero-order chi connectivity index (χ0) is 47.8. The van der Waals surface area contributed by atoms with Gasteiger partial charge in [-0.2, -0.15) is 8.78 Å². The zero-order valence-corrected chi connectivity index (χ0v) is 38.8. The average molecular weight is 908 g/mol. The number of rotatable bonds is 18. The predicted octanol–water partition coefficient (Wildman–Crippen LogP) is 11.5. The number of oxazole rings is 1. The number of benzene rings is 4. The predicted molar refractivity (Wildman–Crippen MR) is 245 cm³/mol. The van der Waals surface area contributed by atoms with E-state index in [1.807, 2.05) is 28.9 Å². The van der Waals surface area contributed by atoms with Gasteiger partial charge in [0.2, 0.25) is 0 Å². The zero-order valence-electron chi connectivity index (χ0n) is 38.8. The van der Waals surface area contributed by atoms with Crippen molar-refractivity contribution in [3.8, 4) is 34.1 Å². The van der Waals surface area contributed by atoms with Crippen molar-refractivity contribution in [2.75, 3.05) is 23.5 Å². The summed E-state index contributed by atoms with van der Waals surface area (Å²) in [6, 6.07) is 20.3. The molecular formula is C50H55F2N5O9. The lowest BCUT2D eigenvalue weighted by atomic mass is 9.92. The second-order valence-electron chi connectivity index (χ2n) is 17.3. The van der Waals surface area contributed by atoms with Crippen LogP contribution in [0.15, 0.2) is 109 Å². The van der Waals surface area contributed by atoms with Crippen LogP contribution in [0, 0.1) is 0 Å². The van der Waals surface area contributed by atoms with E-state index >= 15 is 0 Å². The normalized spacial score (nSPS) is 11.6. The minimum Gasteiger partial charge on any atom is -0.493 e. The molecule has 6 aromatic rings. The van der Waals surface area contributed by atoms with Crippen LogP contribution in [0.1, 0.15) is 94.4 Å². The number of methoxy groups -OCH3 is 1. The summed E-state index contributed by atoms with van der Waals surface area (Å²) in [5.41, 5.74) is 2.04. The summed E-state index contributed by atoms with van der Waals surface area (Å²) >= 11 is 0. The molecule has 0 N–H and O–H groups in total. The standard InChI is InChI=1S/C50H55F2N5O9/c1-11-61-43-22-34(16-19-41(43)60-10)56(27-32-24-53-29-54-25-32)39-18-15-33(46(58)65-49(4,5)6)21-38(39)45-37(47(59)66-50(7,8)9)13-12-14-40(45)57(28-36-26-55-30-62-36)35-17-20-42(64-48(51)52)44(23-35)63-31(2)3/h12-26,29-31,48H,11,27-28H2,1-10H3. The topological polar surface area (TPSA) is 148 Å². The Bertz CT molecular complexity index is 2590. The molecule has 0 bridgehead atoms. The SMILES string of the molecule is CCOc1cc(N(Cc2cncnc2)c2ccc(C(=O)OC(C)(C)C)cc2-c2c(C(=O)OC(C)(C)C)cccc2N(Cc2cnco2)c2ccc(OC(F)F)c(OC(C)C)c2)ccc1OC. The van der Waals surface area contributed by atoms with E-state index in [1.165, 1.54) is 18.8 Å². The highest BCUT2D eigenvalue weighted by Crippen LogP contribution is 2.47. The van der Waals surface area contributed by atoms with E-state index < -0.39 is 35.9 Å². The molecule has 0 saturated carbocycles. The van der Waals surface area contributed by atoms with Gasteiger partial charge in [-0.3, -0.25) is 0 Å². The summed E-state index contributed by atoms with van der Waals surface area (Å²) < 4.78 is 67.9. The fourth-order valence-electron chi connectivity index (χ4n) is 6.99. The van der Waals surface area contributed by atoms with E-state index in [2.05, 4.69) is 15.0 Å². The van der Waals surface area contributed by atoms with Crippen LogP contribution >= 0.6 is 0 Å². The fraction of sp³-hybridized carbons (Fsp3) is 0.340. The molecule has 2 heterocycles. The number of alkyl halides is 2. The summed E-state index contributed by atoms with van der Waals surface area (Å²) in [5.74, 6) is -0.00395.